The zero-order chi connectivity index (χ0) is 14.7. The normalized spacial score (nSPS) is 13.6. The fraction of sp³-hybridized carbons (Fsp3) is 0.105. The van der Waals surface area contributed by atoms with E-state index in [-0.39, 0.29) is 0 Å². The van der Waals surface area contributed by atoms with E-state index in [1.54, 1.807) is 0 Å². The van der Waals surface area contributed by atoms with Crippen LogP contribution < -0.4 is 3.32 Å². The third-order valence-electron chi connectivity index (χ3n) is 3.68. The second kappa shape index (κ2) is 6.38. The van der Waals surface area contributed by atoms with Gasteiger partial charge in [0, 0.05) is 0 Å². The molecule has 0 N–H and O–H groups in total. The molecule has 21 heavy (non-hydrogen) atoms. The van der Waals surface area contributed by atoms with E-state index < -0.39 is 17.8 Å². The first-order chi connectivity index (χ1) is 10.2. The van der Waals surface area contributed by atoms with E-state index in [1.165, 1.54) is 20.6 Å². The van der Waals surface area contributed by atoms with Crippen LogP contribution in [0.25, 0.3) is 11.1 Å². The monoisotopic (exact) mass is 310 g/mol. The summed E-state index contributed by atoms with van der Waals surface area (Å²) >= 11 is -1.88. The third kappa shape index (κ3) is 3.32. The van der Waals surface area contributed by atoms with Crippen LogP contribution in [-0.2, 0) is 17.8 Å². The molecule has 0 radical (unpaired) electrons. The van der Waals surface area contributed by atoms with Gasteiger partial charge in [-0.05, 0) is 0 Å². The number of hydrogen-bond donors (Lipinski definition) is 0. The fourth-order valence-corrected chi connectivity index (χ4v) is 4.71. The second-order valence-electron chi connectivity index (χ2n) is 5.19. The van der Waals surface area contributed by atoms with Crippen molar-refractivity contribution in [1.82, 2.24) is 0 Å². The maximum absolute atomic E-state index is 6.19. The molecule has 2 aromatic rings. The van der Waals surface area contributed by atoms with Crippen LogP contribution in [0.1, 0.15) is 13.3 Å². The van der Waals surface area contributed by atoms with Gasteiger partial charge < -0.3 is 0 Å². The molecule has 0 saturated carbocycles. The summed E-state index contributed by atoms with van der Waals surface area (Å²) in [5.41, 5.74) is 3.75. The summed E-state index contributed by atoms with van der Waals surface area (Å²) in [6, 6.07) is 18.7. The van der Waals surface area contributed by atoms with Crippen molar-refractivity contribution in [2.24, 2.45) is 0 Å². The molecule has 2 heteroatoms. The fourth-order valence-electron chi connectivity index (χ4n) is 2.52. The van der Waals surface area contributed by atoms with Gasteiger partial charge in [0.2, 0.25) is 0 Å². The molecule has 0 atom stereocenters. The Balaban J connectivity index is 1.81. The molecule has 0 amide bonds. The Hall–Kier alpha value is -1.70. The molecule has 0 fully saturated rings. The SMILES string of the molecule is [CH2]=[Ti]([O]c1cccc(-c2ccccc2)c1)[C]1=C(C)C=CC1. The molecule has 0 spiro atoms. The zero-order valence-corrected chi connectivity index (χ0v) is 13.7. The van der Waals surface area contributed by atoms with E-state index in [1.807, 2.05) is 12.1 Å². The molecule has 0 heterocycles. The van der Waals surface area contributed by atoms with Crippen molar-refractivity contribution in [2.45, 2.75) is 13.3 Å². The van der Waals surface area contributed by atoms with Gasteiger partial charge in [0.1, 0.15) is 0 Å². The average molecular weight is 310 g/mol. The first-order valence-electron chi connectivity index (χ1n) is 7.13. The van der Waals surface area contributed by atoms with Gasteiger partial charge >= 0.3 is 132 Å². The molecule has 0 saturated heterocycles. The number of rotatable bonds is 4. The van der Waals surface area contributed by atoms with Gasteiger partial charge in [0.05, 0.1) is 0 Å². The van der Waals surface area contributed by atoms with E-state index in [0.717, 1.165) is 12.2 Å². The first kappa shape index (κ1) is 14.3. The minimum atomic E-state index is -1.88. The predicted octanol–water partition coefficient (Wildman–Crippen LogP) is 4.93. The predicted molar refractivity (Wildman–Crippen MR) is 86.1 cm³/mol. The van der Waals surface area contributed by atoms with Gasteiger partial charge in [-0.3, -0.25) is 0 Å². The molecule has 0 unspecified atom stereocenters. The summed E-state index contributed by atoms with van der Waals surface area (Å²) in [6.07, 6.45) is 5.40. The van der Waals surface area contributed by atoms with Crippen LogP contribution in [0.15, 0.2) is 76.2 Å². The Morgan fingerprint density at radius 2 is 1.76 bits per heavy atom. The van der Waals surface area contributed by atoms with Crippen LogP contribution in [0.3, 0.4) is 0 Å². The Morgan fingerprint density at radius 1 is 1.00 bits per heavy atom. The van der Waals surface area contributed by atoms with Crippen LogP contribution in [0, 0.1) is 0 Å². The van der Waals surface area contributed by atoms with Crippen LogP contribution in [-0.4, -0.2) is 4.82 Å². The van der Waals surface area contributed by atoms with E-state index in [0.29, 0.717) is 0 Å². The third-order valence-corrected chi connectivity index (χ3v) is 6.42. The Kier molecular flexibility index (Phi) is 4.33. The van der Waals surface area contributed by atoms with E-state index >= 15 is 0 Å². The Labute approximate surface area is 132 Å². The zero-order valence-electron chi connectivity index (χ0n) is 12.2. The number of benzene rings is 2. The second-order valence-corrected chi connectivity index (χ2v) is 7.77. The van der Waals surface area contributed by atoms with Gasteiger partial charge in [-0.1, -0.05) is 0 Å². The number of allylic oxidation sites excluding steroid dienone is 4. The Morgan fingerprint density at radius 3 is 2.48 bits per heavy atom. The standard InChI is InChI=1S/C12H10O.C6H7.CH2.Ti/c13-12-8-4-7-11(9-12)10-5-2-1-3-6-10;1-6-4-2-3-5-6;;/h1-9,13H;2,4H,3H2,1H3;1H2;/q;;;+1/p-1. The summed E-state index contributed by atoms with van der Waals surface area (Å²) < 4.78 is 7.62. The summed E-state index contributed by atoms with van der Waals surface area (Å²) in [5.74, 6) is 0.938. The van der Waals surface area contributed by atoms with Gasteiger partial charge in [-0.2, -0.15) is 0 Å². The molecule has 1 nitrogen and oxygen atoms in total. The molecule has 0 aliphatic heterocycles. The van der Waals surface area contributed by atoms with Gasteiger partial charge in [-0.15, -0.1) is 0 Å². The molecular formula is C19H18OTi. The summed E-state index contributed by atoms with van der Waals surface area (Å²) in [7, 11) is 0. The molecule has 1 aliphatic carbocycles. The van der Waals surface area contributed by atoms with E-state index in [2.05, 4.69) is 66.4 Å². The summed E-state index contributed by atoms with van der Waals surface area (Å²) in [5, 5.41) is 0. The van der Waals surface area contributed by atoms with E-state index in [9.17, 15) is 0 Å². The molecule has 104 valence electrons. The van der Waals surface area contributed by atoms with Crippen molar-refractivity contribution in [3.63, 3.8) is 0 Å². The van der Waals surface area contributed by atoms with Gasteiger partial charge in [-0.25, -0.2) is 0 Å². The van der Waals surface area contributed by atoms with Crippen LogP contribution >= 0.6 is 0 Å². The van der Waals surface area contributed by atoms with Crippen molar-refractivity contribution >= 4 is 4.82 Å². The van der Waals surface area contributed by atoms with Crippen LogP contribution in [0.2, 0.25) is 0 Å². The van der Waals surface area contributed by atoms with Gasteiger partial charge in [0.25, 0.3) is 0 Å². The van der Waals surface area contributed by atoms with Crippen LogP contribution in [0.5, 0.6) is 5.75 Å². The quantitative estimate of drug-likeness (QED) is 0.727. The van der Waals surface area contributed by atoms with Crippen molar-refractivity contribution in [3.8, 4) is 16.9 Å². The maximum atomic E-state index is 6.19. The summed E-state index contributed by atoms with van der Waals surface area (Å²) in [4.78, 5) is 4.31. The average Bonchev–Trinajstić information content (AvgIpc) is 2.95. The molecule has 2 aromatic carbocycles. The topological polar surface area (TPSA) is 9.23 Å². The van der Waals surface area contributed by atoms with Gasteiger partial charge in [0.15, 0.2) is 0 Å². The molecule has 3 rings (SSSR count). The molecule has 0 aromatic heterocycles. The molecule has 0 bridgehead atoms. The minimum absolute atomic E-state index is 0.938. The van der Waals surface area contributed by atoms with Crippen molar-refractivity contribution in [1.29, 1.82) is 0 Å². The van der Waals surface area contributed by atoms with Crippen molar-refractivity contribution < 1.29 is 21.1 Å². The first-order valence-corrected chi connectivity index (χ1v) is 9.65. The van der Waals surface area contributed by atoms with Crippen LogP contribution in [0.4, 0.5) is 0 Å². The van der Waals surface area contributed by atoms with Crippen molar-refractivity contribution in [2.75, 3.05) is 0 Å². The molecule has 1 aliphatic rings. The van der Waals surface area contributed by atoms with E-state index in [4.69, 9.17) is 3.32 Å². The number of hydrogen-bond acceptors (Lipinski definition) is 1. The molecular weight excluding hydrogens is 292 g/mol. The van der Waals surface area contributed by atoms with Crippen molar-refractivity contribution in [3.05, 3.63) is 76.2 Å². The summed E-state index contributed by atoms with van der Waals surface area (Å²) in [6.45, 7) is 2.15. The Bertz CT molecular complexity index is 726.